The summed E-state index contributed by atoms with van der Waals surface area (Å²) in [6.45, 7) is 4.56. The molecule has 3 aromatic carbocycles. The van der Waals surface area contributed by atoms with Crippen LogP contribution >= 0.6 is 11.8 Å². The van der Waals surface area contributed by atoms with Crippen molar-refractivity contribution in [1.82, 2.24) is 9.55 Å². The smallest absolute Gasteiger partial charge is 0.262 e. The van der Waals surface area contributed by atoms with Gasteiger partial charge in [0.2, 0.25) is 5.91 Å². The lowest BCUT2D eigenvalue weighted by Gasteiger charge is -2.14. The van der Waals surface area contributed by atoms with Crippen LogP contribution in [-0.4, -0.2) is 21.2 Å². The van der Waals surface area contributed by atoms with Crippen molar-refractivity contribution in [1.29, 1.82) is 0 Å². The zero-order chi connectivity index (χ0) is 23.2. The third-order valence-corrected chi connectivity index (χ3v) is 6.70. The molecule has 6 heteroatoms. The largest absolute Gasteiger partial charge is 0.325 e. The summed E-state index contributed by atoms with van der Waals surface area (Å²) in [7, 11) is 0. The number of rotatable bonds is 8. The van der Waals surface area contributed by atoms with Gasteiger partial charge in [0.05, 0.1) is 16.7 Å². The lowest BCUT2D eigenvalue weighted by atomic mass is 10.1. The van der Waals surface area contributed by atoms with Crippen LogP contribution in [0.25, 0.3) is 10.9 Å². The van der Waals surface area contributed by atoms with E-state index < -0.39 is 0 Å². The monoisotopic (exact) mass is 457 g/mol. The van der Waals surface area contributed by atoms with E-state index in [2.05, 4.69) is 17.4 Å². The van der Waals surface area contributed by atoms with Crippen LogP contribution < -0.4 is 10.9 Å². The first-order chi connectivity index (χ1) is 16.0. The first-order valence-electron chi connectivity index (χ1n) is 11.1. The number of hydrogen-bond donors (Lipinski definition) is 1. The molecule has 5 nitrogen and oxygen atoms in total. The van der Waals surface area contributed by atoms with Gasteiger partial charge < -0.3 is 5.32 Å². The van der Waals surface area contributed by atoms with E-state index >= 15 is 0 Å². The van der Waals surface area contributed by atoms with Gasteiger partial charge in [0, 0.05) is 12.2 Å². The molecule has 1 amide bonds. The molecule has 1 aromatic heterocycles. The Hall–Kier alpha value is -3.38. The minimum atomic E-state index is -0.119. The maximum absolute atomic E-state index is 13.2. The van der Waals surface area contributed by atoms with Crippen molar-refractivity contribution in [3.63, 3.8) is 0 Å². The van der Waals surface area contributed by atoms with Gasteiger partial charge in [-0.3, -0.25) is 14.2 Å². The molecule has 1 heterocycles. The Morgan fingerprint density at radius 3 is 2.55 bits per heavy atom. The van der Waals surface area contributed by atoms with Crippen LogP contribution in [0.2, 0.25) is 0 Å². The molecule has 0 atom stereocenters. The maximum Gasteiger partial charge on any atom is 0.262 e. The number of benzene rings is 3. The molecule has 0 spiro atoms. The number of fused-ring (bicyclic) bond motifs is 1. The number of para-hydroxylation sites is 1. The Morgan fingerprint density at radius 1 is 0.970 bits per heavy atom. The van der Waals surface area contributed by atoms with Gasteiger partial charge in [-0.25, -0.2) is 4.98 Å². The Bertz CT molecular complexity index is 1330. The minimum Gasteiger partial charge on any atom is -0.325 e. The molecular weight excluding hydrogens is 430 g/mol. The molecule has 0 fully saturated rings. The molecule has 0 unspecified atom stereocenters. The fourth-order valence-corrected chi connectivity index (χ4v) is 4.57. The number of hydrogen-bond acceptors (Lipinski definition) is 4. The molecule has 0 saturated carbocycles. The molecule has 33 heavy (non-hydrogen) atoms. The van der Waals surface area contributed by atoms with E-state index in [0.717, 1.165) is 29.7 Å². The number of thioether (sulfide) groups is 1. The Labute approximate surface area is 197 Å². The number of carbonyl (C=O) groups excluding carboxylic acids is 1. The first kappa shape index (κ1) is 22.8. The second-order valence-corrected chi connectivity index (χ2v) is 8.98. The average molecular weight is 458 g/mol. The molecule has 168 valence electrons. The molecule has 4 aromatic rings. The van der Waals surface area contributed by atoms with Crippen LogP contribution in [0, 0.1) is 13.8 Å². The molecule has 4 rings (SSSR count). The lowest BCUT2D eigenvalue weighted by Crippen LogP contribution is -2.24. The highest BCUT2D eigenvalue weighted by molar-refractivity contribution is 7.99. The number of amides is 1. The van der Waals surface area contributed by atoms with Crippen LogP contribution in [0.4, 0.5) is 5.69 Å². The summed E-state index contributed by atoms with van der Waals surface area (Å²) < 4.78 is 1.71. The number of nitrogens with one attached hydrogen (secondary N) is 1. The van der Waals surface area contributed by atoms with Gasteiger partial charge in [-0.15, -0.1) is 0 Å². The van der Waals surface area contributed by atoms with Crippen LogP contribution in [-0.2, 0) is 17.8 Å². The van der Waals surface area contributed by atoms with Gasteiger partial charge in [0.25, 0.3) is 5.56 Å². The minimum absolute atomic E-state index is 0.0638. The summed E-state index contributed by atoms with van der Waals surface area (Å²) in [6, 6.07) is 23.4. The Kier molecular flexibility index (Phi) is 7.25. The quantitative estimate of drug-likeness (QED) is 0.285. The number of aryl methyl sites for hydroxylation is 2. The second kappa shape index (κ2) is 10.5. The third kappa shape index (κ3) is 5.52. The van der Waals surface area contributed by atoms with Crippen molar-refractivity contribution in [3.05, 3.63) is 99.8 Å². The number of nitrogens with zero attached hydrogens (tertiary/aromatic N) is 2. The number of aromatic nitrogens is 2. The topological polar surface area (TPSA) is 64.0 Å². The van der Waals surface area contributed by atoms with Gasteiger partial charge in [-0.05, 0) is 61.6 Å². The number of anilines is 1. The highest BCUT2D eigenvalue weighted by Crippen LogP contribution is 2.21. The molecule has 0 aliphatic carbocycles. The van der Waals surface area contributed by atoms with Crippen molar-refractivity contribution >= 4 is 34.3 Å². The van der Waals surface area contributed by atoms with Gasteiger partial charge in [0.1, 0.15) is 0 Å². The summed E-state index contributed by atoms with van der Waals surface area (Å²) in [5, 5.41) is 4.15. The molecule has 0 saturated heterocycles. The summed E-state index contributed by atoms with van der Waals surface area (Å²) in [5.41, 5.74) is 4.82. The van der Waals surface area contributed by atoms with Crippen molar-refractivity contribution < 1.29 is 4.79 Å². The number of carbonyl (C=O) groups is 1. The Morgan fingerprint density at radius 2 is 1.73 bits per heavy atom. The third-order valence-electron chi connectivity index (χ3n) is 5.73. The summed E-state index contributed by atoms with van der Waals surface area (Å²) >= 11 is 1.30. The predicted octanol–water partition coefficient (Wildman–Crippen LogP) is 5.38. The zero-order valence-corrected chi connectivity index (χ0v) is 19.7. The molecular formula is C27H27N3O2S. The summed E-state index contributed by atoms with van der Waals surface area (Å²) in [5.74, 6) is 0.0589. The van der Waals surface area contributed by atoms with Crippen molar-refractivity contribution in [3.8, 4) is 0 Å². The van der Waals surface area contributed by atoms with Crippen molar-refractivity contribution in [2.24, 2.45) is 0 Å². The van der Waals surface area contributed by atoms with Crippen LogP contribution in [0.15, 0.2) is 82.7 Å². The molecule has 0 aliphatic rings. The summed E-state index contributed by atoms with van der Waals surface area (Å²) in [6.07, 6.45) is 1.68. The van der Waals surface area contributed by atoms with E-state index in [1.807, 2.05) is 68.4 Å². The van der Waals surface area contributed by atoms with Crippen LogP contribution in [0.3, 0.4) is 0 Å². The highest BCUT2D eigenvalue weighted by atomic mass is 32.2. The fraction of sp³-hybridized carbons (Fsp3) is 0.222. The zero-order valence-electron chi connectivity index (χ0n) is 18.9. The lowest BCUT2D eigenvalue weighted by molar-refractivity contribution is -0.113. The molecule has 0 radical (unpaired) electrons. The van der Waals surface area contributed by atoms with E-state index in [9.17, 15) is 9.59 Å². The predicted molar refractivity (Wildman–Crippen MR) is 136 cm³/mol. The van der Waals surface area contributed by atoms with E-state index in [1.54, 1.807) is 10.6 Å². The van der Waals surface area contributed by atoms with Crippen LogP contribution in [0.5, 0.6) is 0 Å². The standard InChI is InChI=1S/C27H27N3O2S/c1-19-10-8-16-23(20(19)2)28-25(31)18-33-27-29-24-15-7-6-14-22(24)26(32)30(27)17-9-13-21-11-4-3-5-12-21/h3-8,10-12,14-16H,9,13,17-18H2,1-2H3,(H,28,31). The average Bonchev–Trinajstić information content (AvgIpc) is 2.83. The highest BCUT2D eigenvalue weighted by Gasteiger charge is 2.14. The Balaban J connectivity index is 1.52. The van der Waals surface area contributed by atoms with E-state index in [4.69, 9.17) is 4.98 Å². The van der Waals surface area contributed by atoms with Crippen molar-refractivity contribution in [2.45, 2.75) is 38.4 Å². The molecule has 0 bridgehead atoms. The molecule has 1 N–H and O–H groups in total. The fourth-order valence-electron chi connectivity index (χ4n) is 3.74. The van der Waals surface area contributed by atoms with Crippen LogP contribution in [0.1, 0.15) is 23.1 Å². The SMILES string of the molecule is Cc1cccc(NC(=O)CSc2nc3ccccc3c(=O)n2CCCc2ccccc2)c1C. The van der Waals surface area contributed by atoms with E-state index in [0.29, 0.717) is 22.6 Å². The first-order valence-corrected chi connectivity index (χ1v) is 12.0. The summed E-state index contributed by atoms with van der Waals surface area (Å²) in [4.78, 5) is 30.6. The van der Waals surface area contributed by atoms with Crippen molar-refractivity contribution in [2.75, 3.05) is 11.1 Å². The normalized spacial score (nSPS) is 11.0. The van der Waals surface area contributed by atoms with E-state index in [1.165, 1.54) is 17.3 Å². The van der Waals surface area contributed by atoms with Gasteiger partial charge in [0.15, 0.2) is 5.16 Å². The molecule has 0 aliphatic heterocycles. The van der Waals surface area contributed by atoms with Gasteiger partial charge in [-0.1, -0.05) is 66.4 Å². The van der Waals surface area contributed by atoms with Gasteiger partial charge in [-0.2, -0.15) is 0 Å². The second-order valence-electron chi connectivity index (χ2n) is 8.04. The van der Waals surface area contributed by atoms with E-state index in [-0.39, 0.29) is 17.2 Å². The van der Waals surface area contributed by atoms with Gasteiger partial charge >= 0.3 is 0 Å². The maximum atomic E-state index is 13.2.